The van der Waals surface area contributed by atoms with E-state index in [1.807, 2.05) is 38.1 Å². The molecule has 0 unspecified atom stereocenters. The Kier molecular flexibility index (Phi) is 4.61. The normalized spacial score (nSPS) is 10.7. The number of aromatic hydroxyl groups is 1. The van der Waals surface area contributed by atoms with Gasteiger partial charge in [0.2, 0.25) is 0 Å². The first-order valence-corrected chi connectivity index (χ1v) is 8.29. The maximum absolute atomic E-state index is 12.6. The second-order valence-corrected chi connectivity index (χ2v) is 6.22. The lowest BCUT2D eigenvalue weighted by Gasteiger charge is -2.13. The lowest BCUT2D eigenvalue weighted by Crippen LogP contribution is -2.23. The van der Waals surface area contributed by atoms with E-state index in [-0.39, 0.29) is 11.7 Å². The third-order valence-electron chi connectivity index (χ3n) is 4.46. The number of carbonyl (C=O) groups is 1. The predicted molar refractivity (Wildman–Crippen MR) is 99.3 cm³/mol. The van der Waals surface area contributed by atoms with Crippen molar-refractivity contribution in [2.24, 2.45) is 0 Å². The number of aryl methyl sites for hydroxylation is 2. The van der Waals surface area contributed by atoms with Crippen molar-refractivity contribution in [3.63, 3.8) is 0 Å². The predicted octanol–water partition coefficient (Wildman–Crippen LogP) is 4.04. The molecule has 0 radical (unpaired) electrons. The van der Waals surface area contributed by atoms with Gasteiger partial charge in [-0.3, -0.25) is 4.79 Å². The zero-order chi connectivity index (χ0) is 18.0. The number of benzene rings is 2. The number of aromatic nitrogens is 1. The van der Waals surface area contributed by atoms with E-state index in [1.165, 1.54) is 0 Å². The van der Waals surface area contributed by atoms with Gasteiger partial charge in [-0.2, -0.15) is 0 Å². The van der Waals surface area contributed by atoms with E-state index in [2.05, 4.69) is 28.9 Å². The van der Waals surface area contributed by atoms with E-state index in [1.54, 1.807) is 18.2 Å². The first-order chi connectivity index (χ1) is 12.0. The van der Waals surface area contributed by atoms with Crippen LogP contribution in [0.25, 0.3) is 5.69 Å². The van der Waals surface area contributed by atoms with E-state index < -0.39 is 0 Å². The van der Waals surface area contributed by atoms with E-state index in [0.29, 0.717) is 17.7 Å². The summed E-state index contributed by atoms with van der Waals surface area (Å²) < 4.78 is 2.10. The highest BCUT2D eigenvalue weighted by Crippen LogP contribution is 2.23. The molecule has 0 bridgehead atoms. The summed E-state index contributed by atoms with van der Waals surface area (Å²) in [5, 5.41) is 12.7. The quantitative estimate of drug-likeness (QED) is 0.756. The standard InChI is InChI=1S/C21H22N2O2/c1-14-8-4-6-10-19(14)23-15(2)12-18(16(23)3)21(25)22-13-17-9-5-7-11-20(17)24/h4-12,24H,13H2,1-3H3,(H,22,25). The third-order valence-corrected chi connectivity index (χ3v) is 4.46. The van der Waals surface area contributed by atoms with Crippen molar-refractivity contribution in [2.45, 2.75) is 27.3 Å². The van der Waals surface area contributed by atoms with Crippen molar-refractivity contribution < 1.29 is 9.90 Å². The van der Waals surface area contributed by atoms with Crippen molar-refractivity contribution in [2.75, 3.05) is 0 Å². The first-order valence-electron chi connectivity index (χ1n) is 8.29. The van der Waals surface area contributed by atoms with E-state index in [0.717, 1.165) is 22.6 Å². The van der Waals surface area contributed by atoms with Crippen molar-refractivity contribution in [3.05, 3.63) is 82.7 Å². The minimum absolute atomic E-state index is 0.142. The van der Waals surface area contributed by atoms with Crippen LogP contribution in [-0.2, 0) is 6.54 Å². The number of hydrogen-bond acceptors (Lipinski definition) is 2. The molecule has 0 saturated carbocycles. The van der Waals surface area contributed by atoms with Gasteiger partial charge in [0.05, 0.1) is 5.56 Å². The minimum Gasteiger partial charge on any atom is -0.508 e. The van der Waals surface area contributed by atoms with Gasteiger partial charge in [0.1, 0.15) is 5.75 Å². The average Bonchev–Trinajstić information content (AvgIpc) is 2.89. The molecule has 0 spiro atoms. The van der Waals surface area contributed by atoms with Gasteiger partial charge >= 0.3 is 0 Å². The van der Waals surface area contributed by atoms with Gasteiger partial charge in [0.25, 0.3) is 5.91 Å². The molecule has 4 heteroatoms. The highest BCUT2D eigenvalue weighted by atomic mass is 16.3. The summed E-state index contributed by atoms with van der Waals surface area (Å²) in [6, 6.07) is 17.0. The smallest absolute Gasteiger partial charge is 0.253 e. The van der Waals surface area contributed by atoms with E-state index >= 15 is 0 Å². The van der Waals surface area contributed by atoms with Crippen LogP contribution in [0.3, 0.4) is 0 Å². The summed E-state index contributed by atoms with van der Waals surface area (Å²) in [4.78, 5) is 12.6. The van der Waals surface area contributed by atoms with Crippen molar-refractivity contribution >= 4 is 5.91 Å². The highest BCUT2D eigenvalue weighted by molar-refractivity contribution is 5.96. The van der Waals surface area contributed by atoms with Crippen LogP contribution in [0.15, 0.2) is 54.6 Å². The van der Waals surface area contributed by atoms with Gasteiger partial charge in [0.15, 0.2) is 0 Å². The molecule has 0 aliphatic carbocycles. The molecule has 1 aromatic heterocycles. The maximum Gasteiger partial charge on any atom is 0.253 e. The van der Waals surface area contributed by atoms with E-state index in [9.17, 15) is 9.90 Å². The molecule has 4 nitrogen and oxygen atoms in total. The summed E-state index contributed by atoms with van der Waals surface area (Å²) in [5.41, 5.74) is 5.50. The molecule has 3 aromatic rings. The first kappa shape index (κ1) is 16.8. The number of amides is 1. The monoisotopic (exact) mass is 334 g/mol. The van der Waals surface area contributed by atoms with Crippen LogP contribution in [0.4, 0.5) is 0 Å². The summed E-state index contributed by atoms with van der Waals surface area (Å²) >= 11 is 0. The molecule has 128 valence electrons. The number of nitrogens with one attached hydrogen (secondary N) is 1. The number of phenols is 1. The lowest BCUT2D eigenvalue weighted by molar-refractivity contribution is 0.0950. The van der Waals surface area contributed by atoms with Crippen LogP contribution in [0.5, 0.6) is 5.75 Å². The molecule has 2 aromatic carbocycles. The molecule has 0 fully saturated rings. The van der Waals surface area contributed by atoms with Gasteiger partial charge in [-0.25, -0.2) is 0 Å². The molecular weight excluding hydrogens is 312 g/mol. The van der Waals surface area contributed by atoms with Crippen LogP contribution in [0, 0.1) is 20.8 Å². The van der Waals surface area contributed by atoms with Crippen molar-refractivity contribution in [1.82, 2.24) is 9.88 Å². The number of hydrogen-bond donors (Lipinski definition) is 2. The zero-order valence-corrected chi connectivity index (χ0v) is 14.7. The fourth-order valence-electron chi connectivity index (χ4n) is 3.11. The zero-order valence-electron chi connectivity index (χ0n) is 14.7. The van der Waals surface area contributed by atoms with Gasteiger partial charge in [-0.15, -0.1) is 0 Å². The maximum atomic E-state index is 12.6. The molecule has 0 saturated heterocycles. The molecule has 0 aliphatic heterocycles. The molecule has 3 rings (SSSR count). The Balaban J connectivity index is 1.86. The Morgan fingerprint density at radius 3 is 2.44 bits per heavy atom. The second-order valence-electron chi connectivity index (χ2n) is 6.22. The summed E-state index contributed by atoms with van der Waals surface area (Å²) in [7, 11) is 0. The summed E-state index contributed by atoms with van der Waals surface area (Å²) in [6.07, 6.45) is 0. The fourth-order valence-corrected chi connectivity index (χ4v) is 3.11. The van der Waals surface area contributed by atoms with Crippen LogP contribution in [0.2, 0.25) is 0 Å². The number of rotatable bonds is 4. The number of phenolic OH excluding ortho intramolecular Hbond substituents is 1. The summed E-state index contributed by atoms with van der Waals surface area (Å²) in [6.45, 7) is 6.30. The molecule has 0 aliphatic rings. The number of carbonyl (C=O) groups excluding carboxylic acids is 1. The Bertz CT molecular complexity index is 925. The molecule has 25 heavy (non-hydrogen) atoms. The Hall–Kier alpha value is -3.01. The Morgan fingerprint density at radius 2 is 1.72 bits per heavy atom. The van der Waals surface area contributed by atoms with Crippen LogP contribution >= 0.6 is 0 Å². The Morgan fingerprint density at radius 1 is 1.04 bits per heavy atom. The van der Waals surface area contributed by atoms with Crippen molar-refractivity contribution in [1.29, 1.82) is 0 Å². The van der Waals surface area contributed by atoms with Crippen molar-refractivity contribution in [3.8, 4) is 11.4 Å². The van der Waals surface area contributed by atoms with Crippen LogP contribution in [-0.4, -0.2) is 15.6 Å². The van der Waals surface area contributed by atoms with Crippen LogP contribution < -0.4 is 5.32 Å². The van der Waals surface area contributed by atoms with Gasteiger partial charge in [0, 0.05) is 29.2 Å². The second kappa shape index (κ2) is 6.85. The van der Waals surface area contributed by atoms with Gasteiger partial charge in [-0.05, 0) is 44.5 Å². The molecule has 2 N–H and O–H groups in total. The molecule has 1 amide bonds. The minimum atomic E-state index is -0.142. The fraction of sp³-hybridized carbons (Fsp3) is 0.190. The highest BCUT2D eigenvalue weighted by Gasteiger charge is 2.17. The van der Waals surface area contributed by atoms with E-state index in [4.69, 9.17) is 0 Å². The largest absolute Gasteiger partial charge is 0.508 e. The molecule has 1 heterocycles. The third kappa shape index (κ3) is 3.29. The average molecular weight is 334 g/mol. The van der Waals surface area contributed by atoms with Gasteiger partial charge < -0.3 is 15.0 Å². The van der Waals surface area contributed by atoms with Gasteiger partial charge in [-0.1, -0.05) is 36.4 Å². The Labute approximate surface area is 147 Å². The topological polar surface area (TPSA) is 54.3 Å². The number of nitrogens with zero attached hydrogens (tertiary/aromatic N) is 1. The molecule has 0 atom stereocenters. The lowest BCUT2D eigenvalue weighted by atomic mass is 10.1. The SMILES string of the molecule is Cc1ccccc1-n1c(C)cc(C(=O)NCc2ccccc2O)c1C. The van der Waals surface area contributed by atoms with Crippen LogP contribution in [0.1, 0.15) is 32.9 Å². The molecular formula is C21H22N2O2. The summed E-state index contributed by atoms with van der Waals surface area (Å²) in [5.74, 6) is 0.0457. The number of para-hydroxylation sites is 2.